The smallest absolute Gasteiger partial charge is 0.166 e. The number of aryl methyl sites for hydroxylation is 2. The van der Waals surface area contributed by atoms with E-state index in [2.05, 4.69) is 42.1 Å². The second-order valence-electron chi connectivity index (χ2n) is 4.46. The lowest BCUT2D eigenvalue weighted by Crippen LogP contribution is -2.09. The maximum Gasteiger partial charge on any atom is 0.166 e. The minimum absolute atomic E-state index is 0.116. The second-order valence-corrected chi connectivity index (χ2v) is 4.46. The van der Waals surface area contributed by atoms with Gasteiger partial charge in [-0.15, -0.1) is 0 Å². The van der Waals surface area contributed by atoms with E-state index in [1.807, 2.05) is 11.6 Å². The van der Waals surface area contributed by atoms with Gasteiger partial charge in [-0.2, -0.15) is 5.10 Å². The van der Waals surface area contributed by atoms with E-state index in [9.17, 15) is 0 Å². The topological polar surface area (TPSA) is 56.7 Å². The van der Waals surface area contributed by atoms with E-state index in [-0.39, 0.29) is 6.04 Å². The Kier molecular flexibility index (Phi) is 3.24. The van der Waals surface area contributed by atoms with Crippen LogP contribution in [0.25, 0.3) is 0 Å². The molecule has 0 fully saturated rings. The summed E-state index contributed by atoms with van der Waals surface area (Å²) >= 11 is 0. The molecule has 1 aromatic heterocycles. The molecule has 1 unspecified atom stereocenters. The molecule has 0 saturated heterocycles. The number of aromatic nitrogens is 3. The predicted molar refractivity (Wildman–Crippen MR) is 67.6 cm³/mol. The van der Waals surface area contributed by atoms with Crippen molar-refractivity contribution in [2.24, 2.45) is 5.73 Å². The molecule has 0 spiro atoms. The van der Waals surface area contributed by atoms with Crippen LogP contribution in [0.1, 0.15) is 35.5 Å². The van der Waals surface area contributed by atoms with Gasteiger partial charge in [0.25, 0.3) is 0 Å². The van der Waals surface area contributed by atoms with Gasteiger partial charge in [-0.1, -0.05) is 18.2 Å². The van der Waals surface area contributed by atoms with Crippen LogP contribution in [0.4, 0.5) is 0 Å². The highest BCUT2D eigenvalue weighted by molar-refractivity contribution is 5.33. The standard InChI is InChI=1S/C13H18N4/c1-9-5-4-6-10(2)12(9)7-17-8-15-13(16-17)11(3)14/h4-6,8,11H,7,14H2,1-3H3. The third kappa shape index (κ3) is 2.53. The molecule has 0 radical (unpaired) electrons. The summed E-state index contributed by atoms with van der Waals surface area (Å²) in [6.07, 6.45) is 1.74. The molecular weight excluding hydrogens is 212 g/mol. The van der Waals surface area contributed by atoms with Crippen molar-refractivity contribution in [3.63, 3.8) is 0 Å². The Morgan fingerprint density at radius 2 is 1.94 bits per heavy atom. The summed E-state index contributed by atoms with van der Waals surface area (Å²) in [6.45, 7) is 6.87. The van der Waals surface area contributed by atoms with E-state index in [4.69, 9.17) is 5.73 Å². The van der Waals surface area contributed by atoms with Crippen molar-refractivity contribution < 1.29 is 0 Å². The Bertz CT molecular complexity index is 494. The lowest BCUT2D eigenvalue weighted by molar-refractivity contribution is 0.646. The summed E-state index contributed by atoms with van der Waals surface area (Å²) in [6, 6.07) is 6.19. The van der Waals surface area contributed by atoms with Gasteiger partial charge in [0, 0.05) is 0 Å². The molecule has 0 aliphatic rings. The van der Waals surface area contributed by atoms with Gasteiger partial charge in [-0.05, 0) is 37.5 Å². The molecule has 90 valence electrons. The summed E-state index contributed by atoms with van der Waals surface area (Å²) in [5.41, 5.74) is 9.60. The highest BCUT2D eigenvalue weighted by atomic mass is 15.3. The molecule has 0 saturated carbocycles. The molecule has 17 heavy (non-hydrogen) atoms. The molecule has 4 nitrogen and oxygen atoms in total. The Morgan fingerprint density at radius 1 is 1.29 bits per heavy atom. The minimum atomic E-state index is -0.116. The fourth-order valence-electron chi connectivity index (χ4n) is 1.85. The van der Waals surface area contributed by atoms with Gasteiger partial charge in [-0.25, -0.2) is 9.67 Å². The number of benzene rings is 1. The predicted octanol–water partition coefficient (Wildman–Crippen LogP) is 1.96. The van der Waals surface area contributed by atoms with Crippen LogP contribution in [0.5, 0.6) is 0 Å². The van der Waals surface area contributed by atoms with Gasteiger partial charge in [-0.3, -0.25) is 0 Å². The first kappa shape index (κ1) is 11.8. The van der Waals surface area contributed by atoms with E-state index in [1.54, 1.807) is 6.33 Å². The van der Waals surface area contributed by atoms with Gasteiger partial charge in [0.1, 0.15) is 6.33 Å². The minimum Gasteiger partial charge on any atom is -0.321 e. The summed E-state index contributed by atoms with van der Waals surface area (Å²) in [5, 5.41) is 4.37. The van der Waals surface area contributed by atoms with E-state index in [0.717, 1.165) is 6.54 Å². The lowest BCUT2D eigenvalue weighted by Gasteiger charge is -2.09. The number of rotatable bonds is 3. The fraction of sp³-hybridized carbons (Fsp3) is 0.385. The molecule has 0 bridgehead atoms. The molecule has 4 heteroatoms. The number of hydrogen-bond acceptors (Lipinski definition) is 3. The monoisotopic (exact) mass is 230 g/mol. The van der Waals surface area contributed by atoms with Gasteiger partial charge in [0.15, 0.2) is 5.82 Å². The van der Waals surface area contributed by atoms with E-state index in [0.29, 0.717) is 5.82 Å². The maximum atomic E-state index is 5.74. The molecule has 0 aliphatic carbocycles. The second kappa shape index (κ2) is 4.67. The SMILES string of the molecule is Cc1cccc(C)c1Cn1cnc(C(C)N)n1. The first-order valence-electron chi connectivity index (χ1n) is 5.78. The van der Waals surface area contributed by atoms with E-state index in [1.165, 1.54) is 16.7 Å². The van der Waals surface area contributed by atoms with Crippen LogP contribution in [0.2, 0.25) is 0 Å². The molecule has 2 N–H and O–H groups in total. The van der Waals surface area contributed by atoms with Crippen LogP contribution in [0, 0.1) is 13.8 Å². The molecule has 1 heterocycles. The third-order valence-electron chi connectivity index (χ3n) is 2.93. The van der Waals surface area contributed by atoms with Crippen LogP contribution in [-0.4, -0.2) is 14.8 Å². The van der Waals surface area contributed by atoms with Crippen LogP contribution in [-0.2, 0) is 6.54 Å². The molecule has 1 aromatic carbocycles. The maximum absolute atomic E-state index is 5.74. The normalized spacial score (nSPS) is 12.7. The number of nitrogens with zero attached hydrogens (tertiary/aromatic N) is 3. The zero-order valence-corrected chi connectivity index (χ0v) is 10.5. The van der Waals surface area contributed by atoms with Crippen molar-refractivity contribution in [2.75, 3.05) is 0 Å². The lowest BCUT2D eigenvalue weighted by atomic mass is 10.0. The molecule has 0 amide bonds. The third-order valence-corrected chi connectivity index (χ3v) is 2.93. The van der Waals surface area contributed by atoms with Crippen LogP contribution in [0.15, 0.2) is 24.5 Å². The molecular formula is C13H18N4. The molecule has 1 atom stereocenters. The van der Waals surface area contributed by atoms with Crippen molar-refractivity contribution in [1.82, 2.24) is 14.8 Å². The highest BCUT2D eigenvalue weighted by Gasteiger charge is 2.08. The van der Waals surface area contributed by atoms with Crippen LogP contribution < -0.4 is 5.73 Å². The number of hydrogen-bond donors (Lipinski definition) is 1. The Morgan fingerprint density at radius 3 is 2.47 bits per heavy atom. The van der Waals surface area contributed by atoms with Gasteiger partial charge < -0.3 is 5.73 Å². The van der Waals surface area contributed by atoms with Crippen molar-refractivity contribution in [3.05, 3.63) is 47.0 Å². The summed E-state index contributed by atoms with van der Waals surface area (Å²) in [5.74, 6) is 0.691. The van der Waals surface area contributed by atoms with Gasteiger partial charge in [0.2, 0.25) is 0 Å². The molecule has 2 rings (SSSR count). The zero-order chi connectivity index (χ0) is 12.4. The average Bonchev–Trinajstić information content (AvgIpc) is 2.72. The Balaban J connectivity index is 2.25. The van der Waals surface area contributed by atoms with Crippen molar-refractivity contribution in [1.29, 1.82) is 0 Å². The Hall–Kier alpha value is -1.68. The molecule has 2 aromatic rings. The zero-order valence-electron chi connectivity index (χ0n) is 10.5. The first-order valence-corrected chi connectivity index (χ1v) is 5.78. The largest absolute Gasteiger partial charge is 0.321 e. The van der Waals surface area contributed by atoms with Crippen molar-refractivity contribution >= 4 is 0 Å². The Labute approximate surface area is 101 Å². The summed E-state index contributed by atoms with van der Waals surface area (Å²) < 4.78 is 1.84. The van der Waals surface area contributed by atoms with Crippen LogP contribution in [0.3, 0.4) is 0 Å². The first-order chi connectivity index (χ1) is 8.08. The highest BCUT2D eigenvalue weighted by Crippen LogP contribution is 2.14. The quantitative estimate of drug-likeness (QED) is 0.877. The van der Waals surface area contributed by atoms with E-state index >= 15 is 0 Å². The summed E-state index contributed by atoms with van der Waals surface area (Å²) in [7, 11) is 0. The summed E-state index contributed by atoms with van der Waals surface area (Å²) in [4.78, 5) is 4.20. The van der Waals surface area contributed by atoms with Crippen molar-refractivity contribution in [3.8, 4) is 0 Å². The van der Waals surface area contributed by atoms with Crippen LogP contribution >= 0.6 is 0 Å². The van der Waals surface area contributed by atoms with Gasteiger partial charge >= 0.3 is 0 Å². The number of nitrogens with two attached hydrogens (primary N) is 1. The van der Waals surface area contributed by atoms with Crippen molar-refractivity contribution in [2.45, 2.75) is 33.4 Å². The average molecular weight is 230 g/mol. The van der Waals surface area contributed by atoms with E-state index < -0.39 is 0 Å². The molecule has 0 aliphatic heterocycles. The van der Waals surface area contributed by atoms with Gasteiger partial charge in [0.05, 0.1) is 12.6 Å². The fourth-order valence-corrected chi connectivity index (χ4v) is 1.85.